The lowest BCUT2D eigenvalue weighted by atomic mass is 10.2. The predicted molar refractivity (Wildman–Crippen MR) is 60.0 cm³/mol. The zero-order valence-corrected chi connectivity index (χ0v) is 9.08. The summed E-state index contributed by atoms with van der Waals surface area (Å²) in [5.74, 6) is -0.687. The van der Waals surface area contributed by atoms with Crippen LogP contribution in [0.5, 0.6) is 0 Å². The zero-order chi connectivity index (χ0) is 12.3. The van der Waals surface area contributed by atoms with Crippen molar-refractivity contribution in [3.63, 3.8) is 0 Å². The monoisotopic (exact) mass is 232 g/mol. The van der Waals surface area contributed by atoms with Crippen molar-refractivity contribution in [3.8, 4) is 0 Å². The van der Waals surface area contributed by atoms with Crippen molar-refractivity contribution in [3.05, 3.63) is 47.3 Å². The van der Waals surface area contributed by atoms with Crippen LogP contribution in [0.25, 0.3) is 0 Å². The van der Waals surface area contributed by atoms with Gasteiger partial charge in [-0.1, -0.05) is 35.5 Å². The van der Waals surface area contributed by atoms with E-state index in [-0.39, 0.29) is 12.3 Å². The molecule has 0 aliphatic carbocycles. The maximum absolute atomic E-state index is 11.0. The van der Waals surface area contributed by atoms with Gasteiger partial charge in [0, 0.05) is 0 Å². The summed E-state index contributed by atoms with van der Waals surface area (Å²) in [6.07, 6.45) is 0. The molecule has 0 fully saturated rings. The highest BCUT2D eigenvalue weighted by molar-refractivity contribution is 5.91. The summed E-state index contributed by atoms with van der Waals surface area (Å²) in [5.41, 5.74) is 6.49. The number of primary amides is 1. The van der Waals surface area contributed by atoms with Crippen molar-refractivity contribution in [2.75, 3.05) is 0 Å². The molecule has 0 bridgehead atoms. The van der Waals surface area contributed by atoms with E-state index in [1.165, 1.54) is 4.68 Å². The number of benzene rings is 1. The van der Waals surface area contributed by atoms with Crippen molar-refractivity contribution in [2.45, 2.75) is 13.2 Å². The number of carbonyl (C=O) groups is 1. The maximum atomic E-state index is 11.0. The van der Waals surface area contributed by atoms with E-state index in [0.29, 0.717) is 12.2 Å². The minimum atomic E-state index is -0.687. The van der Waals surface area contributed by atoms with Crippen LogP contribution in [0.4, 0.5) is 0 Å². The maximum Gasteiger partial charge on any atom is 0.271 e. The molecule has 1 aromatic heterocycles. The highest BCUT2D eigenvalue weighted by Gasteiger charge is 2.16. The van der Waals surface area contributed by atoms with Crippen LogP contribution < -0.4 is 5.73 Å². The van der Waals surface area contributed by atoms with Crippen LogP contribution >= 0.6 is 0 Å². The van der Waals surface area contributed by atoms with Gasteiger partial charge in [-0.15, -0.1) is 5.10 Å². The summed E-state index contributed by atoms with van der Waals surface area (Å²) in [7, 11) is 0. The Kier molecular flexibility index (Phi) is 3.15. The normalized spacial score (nSPS) is 10.4. The molecule has 88 valence electrons. The molecular weight excluding hydrogens is 220 g/mol. The van der Waals surface area contributed by atoms with Gasteiger partial charge in [0.2, 0.25) is 0 Å². The van der Waals surface area contributed by atoms with Crippen LogP contribution in [-0.2, 0) is 13.2 Å². The molecule has 0 spiro atoms. The van der Waals surface area contributed by atoms with E-state index in [0.717, 1.165) is 5.56 Å². The van der Waals surface area contributed by atoms with Crippen molar-refractivity contribution >= 4 is 5.91 Å². The van der Waals surface area contributed by atoms with Crippen LogP contribution in [0.15, 0.2) is 30.3 Å². The SMILES string of the molecule is NC(=O)c1nnn(Cc2ccccc2)c1CO. The van der Waals surface area contributed by atoms with E-state index in [1.54, 1.807) is 0 Å². The number of nitrogens with two attached hydrogens (primary N) is 1. The molecule has 3 N–H and O–H groups in total. The fourth-order valence-corrected chi connectivity index (χ4v) is 1.56. The van der Waals surface area contributed by atoms with Crippen LogP contribution in [-0.4, -0.2) is 26.0 Å². The number of hydrogen-bond acceptors (Lipinski definition) is 4. The summed E-state index contributed by atoms with van der Waals surface area (Å²) >= 11 is 0. The highest BCUT2D eigenvalue weighted by atomic mass is 16.3. The number of aliphatic hydroxyl groups excluding tert-OH is 1. The zero-order valence-electron chi connectivity index (χ0n) is 9.08. The average molecular weight is 232 g/mol. The quantitative estimate of drug-likeness (QED) is 0.770. The van der Waals surface area contributed by atoms with Crippen LogP contribution in [0.2, 0.25) is 0 Å². The Labute approximate surface area is 97.7 Å². The van der Waals surface area contributed by atoms with Gasteiger partial charge >= 0.3 is 0 Å². The van der Waals surface area contributed by atoms with Gasteiger partial charge in [0.05, 0.1) is 18.8 Å². The lowest BCUT2D eigenvalue weighted by molar-refractivity contribution is 0.0992. The molecule has 1 amide bonds. The standard InChI is InChI=1S/C11H12N4O2/c12-11(17)10-9(7-16)15(14-13-10)6-8-4-2-1-3-5-8/h1-5,16H,6-7H2,(H2,12,17). The molecule has 6 nitrogen and oxygen atoms in total. The fraction of sp³-hybridized carbons (Fsp3) is 0.182. The Morgan fingerprint density at radius 2 is 2.06 bits per heavy atom. The molecule has 0 radical (unpaired) electrons. The van der Waals surface area contributed by atoms with Gasteiger partial charge in [0.1, 0.15) is 0 Å². The van der Waals surface area contributed by atoms with Crippen molar-refractivity contribution in [2.24, 2.45) is 5.73 Å². The van der Waals surface area contributed by atoms with E-state index in [1.807, 2.05) is 30.3 Å². The van der Waals surface area contributed by atoms with Gasteiger partial charge in [-0.05, 0) is 5.56 Å². The Morgan fingerprint density at radius 1 is 1.35 bits per heavy atom. The average Bonchev–Trinajstić information content (AvgIpc) is 2.73. The lowest BCUT2D eigenvalue weighted by Crippen LogP contribution is -2.15. The number of hydrogen-bond donors (Lipinski definition) is 2. The molecule has 0 saturated heterocycles. The highest BCUT2D eigenvalue weighted by Crippen LogP contribution is 2.08. The Bertz CT molecular complexity index is 522. The second kappa shape index (κ2) is 4.75. The summed E-state index contributed by atoms with van der Waals surface area (Å²) in [6.45, 7) is 0.120. The number of carbonyl (C=O) groups excluding carboxylic acids is 1. The number of rotatable bonds is 4. The minimum Gasteiger partial charge on any atom is -0.390 e. The van der Waals surface area contributed by atoms with E-state index in [9.17, 15) is 9.90 Å². The summed E-state index contributed by atoms with van der Waals surface area (Å²) in [4.78, 5) is 11.0. The number of amides is 1. The first kappa shape index (κ1) is 11.3. The van der Waals surface area contributed by atoms with Gasteiger partial charge in [-0.2, -0.15) is 0 Å². The second-order valence-electron chi connectivity index (χ2n) is 3.55. The van der Waals surface area contributed by atoms with Gasteiger partial charge in [-0.3, -0.25) is 4.79 Å². The first-order valence-corrected chi connectivity index (χ1v) is 5.09. The smallest absolute Gasteiger partial charge is 0.271 e. The van der Waals surface area contributed by atoms with E-state index in [4.69, 9.17) is 5.73 Å². The molecule has 6 heteroatoms. The number of nitrogens with zero attached hydrogens (tertiary/aromatic N) is 3. The molecule has 0 atom stereocenters. The third-order valence-corrected chi connectivity index (χ3v) is 2.40. The molecule has 2 aromatic rings. The van der Waals surface area contributed by atoms with Crippen molar-refractivity contribution in [1.29, 1.82) is 0 Å². The molecule has 17 heavy (non-hydrogen) atoms. The van der Waals surface area contributed by atoms with Crippen molar-refractivity contribution in [1.82, 2.24) is 15.0 Å². The van der Waals surface area contributed by atoms with Crippen LogP contribution in [0.3, 0.4) is 0 Å². The number of aliphatic hydroxyl groups is 1. The topological polar surface area (TPSA) is 94.0 Å². The van der Waals surface area contributed by atoms with Crippen LogP contribution in [0, 0.1) is 0 Å². The molecular formula is C11H12N4O2. The van der Waals surface area contributed by atoms with Gasteiger partial charge < -0.3 is 10.8 Å². The first-order chi connectivity index (χ1) is 8.22. The summed E-state index contributed by atoms with van der Waals surface area (Å²) in [6, 6.07) is 9.56. The molecule has 0 unspecified atom stereocenters. The predicted octanol–water partition coefficient (Wildman–Crippen LogP) is -0.0824. The van der Waals surface area contributed by atoms with Gasteiger partial charge in [0.25, 0.3) is 5.91 Å². The first-order valence-electron chi connectivity index (χ1n) is 5.09. The molecule has 0 aliphatic heterocycles. The lowest BCUT2D eigenvalue weighted by Gasteiger charge is -2.04. The van der Waals surface area contributed by atoms with E-state index >= 15 is 0 Å². The van der Waals surface area contributed by atoms with E-state index in [2.05, 4.69) is 10.3 Å². The molecule has 0 saturated carbocycles. The largest absolute Gasteiger partial charge is 0.390 e. The van der Waals surface area contributed by atoms with Gasteiger partial charge in [0.15, 0.2) is 5.69 Å². The summed E-state index contributed by atoms with van der Waals surface area (Å²) in [5, 5.41) is 16.7. The molecule has 1 aromatic carbocycles. The Hall–Kier alpha value is -2.21. The third-order valence-electron chi connectivity index (χ3n) is 2.40. The Balaban J connectivity index is 2.31. The fourth-order valence-electron chi connectivity index (χ4n) is 1.56. The second-order valence-corrected chi connectivity index (χ2v) is 3.55. The van der Waals surface area contributed by atoms with Crippen molar-refractivity contribution < 1.29 is 9.90 Å². The Morgan fingerprint density at radius 3 is 2.65 bits per heavy atom. The molecule has 1 heterocycles. The summed E-state index contributed by atoms with van der Waals surface area (Å²) < 4.78 is 1.47. The van der Waals surface area contributed by atoms with E-state index < -0.39 is 5.91 Å². The van der Waals surface area contributed by atoms with Crippen LogP contribution in [0.1, 0.15) is 21.7 Å². The third kappa shape index (κ3) is 2.31. The molecule has 2 rings (SSSR count). The molecule has 0 aliphatic rings. The number of aromatic nitrogens is 3. The minimum absolute atomic E-state index is 0.0171. The van der Waals surface area contributed by atoms with Gasteiger partial charge in [-0.25, -0.2) is 4.68 Å².